The van der Waals surface area contributed by atoms with Gasteiger partial charge in [0.2, 0.25) is 0 Å². The number of piperazine rings is 1. The summed E-state index contributed by atoms with van der Waals surface area (Å²) in [6.45, 7) is 12.6. The zero-order valence-electron chi connectivity index (χ0n) is 17.4. The Bertz CT molecular complexity index is 769. The van der Waals surface area contributed by atoms with Crippen LogP contribution in [0.2, 0.25) is 0 Å². The average Bonchev–Trinajstić information content (AvgIpc) is 3.12. The summed E-state index contributed by atoms with van der Waals surface area (Å²) in [5, 5.41) is 7.64. The third-order valence-electron chi connectivity index (χ3n) is 5.38. The standard InChI is InChI=1S/C21H32N6O/c1-5-19-15-25(12-13-27(19)16(2)3)21(28)18-6-7-20(23-14-18)22-9-11-26-10-8-17(4)24-26/h6-8,10,14,16,19H,5,9,11-13,15H2,1-4H3,(H,22,23). The Morgan fingerprint density at radius 3 is 2.71 bits per heavy atom. The summed E-state index contributed by atoms with van der Waals surface area (Å²) in [6, 6.07) is 6.68. The first-order valence-electron chi connectivity index (χ1n) is 10.2. The number of carbonyl (C=O) groups excluding carboxylic acids is 1. The SMILES string of the molecule is CCC1CN(C(=O)c2ccc(NCCn3ccc(C)n3)nc2)CCN1C(C)C. The fraction of sp³-hybridized carbons (Fsp3) is 0.571. The van der Waals surface area contributed by atoms with E-state index in [4.69, 9.17) is 0 Å². The van der Waals surface area contributed by atoms with E-state index in [2.05, 4.69) is 41.1 Å². The zero-order chi connectivity index (χ0) is 20.1. The number of anilines is 1. The Morgan fingerprint density at radius 2 is 2.11 bits per heavy atom. The number of hydrogen-bond acceptors (Lipinski definition) is 5. The molecule has 3 rings (SSSR count). The van der Waals surface area contributed by atoms with Crippen LogP contribution < -0.4 is 5.32 Å². The Kier molecular flexibility index (Phi) is 6.67. The van der Waals surface area contributed by atoms with Crippen molar-refractivity contribution in [1.82, 2.24) is 24.6 Å². The van der Waals surface area contributed by atoms with Gasteiger partial charge in [-0.15, -0.1) is 0 Å². The van der Waals surface area contributed by atoms with Crippen molar-refractivity contribution in [3.63, 3.8) is 0 Å². The highest BCUT2D eigenvalue weighted by Crippen LogP contribution is 2.18. The molecule has 0 aliphatic carbocycles. The van der Waals surface area contributed by atoms with Crippen LogP contribution in [-0.2, 0) is 6.54 Å². The molecular weight excluding hydrogens is 352 g/mol. The highest BCUT2D eigenvalue weighted by Gasteiger charge is 2.30. The molecule has 0 spiro atoms. The lowest BCUT2D eigenvalue weighted by Gasteiger charge is -2.43. The molecule has 152 valence electrons. The monoisotopic (exact) mass is 384 g/mol. The smallest absolute Gasteiger partial charge is 0.255 e. The molecule has 2 aromatic rings. The van der Waals surface area contributed by atoms with Gasteiger partial charge in [-0.1, -0.05) is 6.92 Å². The fourth-order valence-electron chi connectivity index (χ4n) is 3.79. The molecular formula is C21H32N6O. The van der Waals surface area contributed by atoms with Crippen molar-refractivity contribution in [2.75, 3.05) is 31.5 Å². The average molecular weight is 385 g/mol. The fourth-order valence-corrected chi connectivity index (χ4v) is 3.79. The lowest BCUT2D eigenvalue weighted by molar-refractivity contribution is 0.0371. The maximum absolute atomic E-state index is 12.9. The van der Waals surface area contributed by atoms with Gasteiger partial charge in [0.25, 0.3) is 5.91 Å². The van der Waals surface area contributed by atoms with E-state index in [1.165, 1.54) is 0 Å². The van der Waals surface area contributed by atoms with E-state index in [0.29, 0.717) is 17.6 Å². The molecule has 0 bridgehead atoms. The summed E-state index contributed by atoms with van der Waals surface area (Å²) >= 11 is 0. The van der Waals surface area contributed by atoms with E-state index in [-0.39, 0.29) is 5.91 Å². The number of amides is 1. The van der Waals surface area contributed by atoms with Gasteiger partial charge in [-0.3, -0.25) is 14.4 Å². The Hall–Kier alpha value is -2.41. The summed E-state index contributed by atoms with van der Waals surface area (Å²) in [6.07, 6.45) is 4.70. The van der Waals surface area contributed by atoms with Crippen LogP contribution in [0.1, 0.15) is 43.2 Å². The number of pyridine rings is 1. The molecule has 0 aromatic carbocycles. The summed E-state index contributed by atoms with van der Waals surface area (Å²) in [4.78, 5) is 21.8. The Morgan fingerprint density at radius 1 is 1.29 bits per heavy atom. The van der Waals surface area contributed by atoms with Gasteiger partial charge in [-0.25, -0.2) is 4.98 Å². The molecule has 0 radical (unpaired) electrons. The predicted octanol–water partition coefficient (Wildman–Crippen LogP) is 2.64. The van der Waals surface area contributed by atoms with Crippen LogP contribution in [-0.4, -0.2) is 68.7 Å². The van der Waals surface area contributed by atoms with E-state index in [9.17, 15) is 4.79 Å². The van der Waals surface area contributed by atoms with Crippen LogP contribution in [0, 0.1) is 6.92 Å². The zero-order valence-corrected chi connectivity index (χ0v) is 17.4. The van der Waals surface area contributed by atoms with Crippen molar-refractivity contribution in [3.8, 4) is 0 Å². The molecule has 1 unspecified atom stereocenters. The topological polar surface area (TPSA) is 66.3 Å². The van der Waals surface area contributed by atoms with Crippen LogP contribution in [0.4, 0.5) is 5.82 Å². The van der Waals surface area contributed by atoms with Crippen molar-refractivity contribution >= 4 is 11.7 Å². The van der Waals surface area contributed by atoms with Gasteiger partial charge >= 0.3 is 0 Å². The van der Waals surface area contributed by atoms with Crippen molar-refractivity contribution in [3.05, 3.63) is 41.9 Å². The van der Waals surface area contributed by atoms with Gasteiger partial charge in [-0.2, -0.15) is 5.10 Å². The Labute approximate surface area is 167 Å². The largest absolute Gasteiger partial charge is 0.368 e. The van der Waals surface area contributed by atoms with Crippen molar-refractivity contribution in [2.24, 2.45) is 0 Å². The molecule has 28 heavy (non-hydrogen) atoms. The molecule has 1 aliphatic heterocycles. The molecule has 2 aromatic heterocycles. The number of nitrogens with zero attached hydrogens (tertiary/aromatic N) is 5. The molecule has 0 saturated carbocycles. The highest BCUT2D eigenvalue weighted by atomic mass is 16.2. The van der Waals surface area contributed by atoms with Crippen LogP contribution in [0.15, 0.2) is 30.6 Å². The molecule has 1 amide bonds. The van der Waals surface area contributed by atoms with E-state index < -0.39 is 0 Å². The van der Waals surface area contributed by atoms with Gasteiger partial charge < -0.3 is 10.2 Å². The summed E-state index contributed by atoms with van der Waals surface area (Å²) in [5.41, 5.74) is 1.67. The minimum absolute atomic E-state index is 0.0768. The molecule has 1 N–H and O–H groups in total. The van der Waals surface area contributed by atoms with Gasteiger partial charge in [0, 0.05) is 50.7 Å². The third-order valence-corrected chi connectivity index (χ3v) is 5.38. The third kappa shape index (κ3) is 4.90. The Balaban J connectivity index is 1.53. The molecule has 1 atom stereocenters. The number of aryl methyl sites for hydroxylation is 1. The first-order chi connectivity index (χ1) is 13.5. The second-order valence-electron chi connectivity index (χ2n) is 7.72. The molecule has 7 nitrogen and oxygen atoms in total. The lowest BCUT2D eigenvalue weighted by Crippen LogP contribution is -2.56. The van der Waals surface area contributed by atoms with Crippen LogP contribution in [0.3, 0.4) is 0 Å². The maximum Gasteiger partial charge on any atom is 0.255 e. The van der Waals surface area contributed by atoms with Gasteiger partial charge in [0.05, 0.1) is 17.8 Å². The van der Waals surface area contributed by atoms with Crippen LogP contribution in [0.5, 0.6) is 0 Å². The minimum Gasteiger partial charge on any atom is -0.368 e. The summed E-state index contributed by atoms with van der Waals surface area (Å²) < 4.78 is 1.90. The minimum atomic E-state index is 0.0768. The maximum atomic E-state index is 12.9. The second-order valence-corrected chi connectivity index (χ2v) is 7.72. The number of aromatic nitrogens is 3. The van der Waals surface area contributed by atoms with Crippen molar-refractivity contribution in [2.45, 2.75) is 52.7 Å². The van der Waals surface area contributed by atoms with Crippen LogP contribution >= 0.6 is 0 Å². The summed E-state index contributed by atoms with van der Waals surface area (Å²) in [5.74, 6) is 0.851. The molecule has 1 aliphatic rings. The number of carbonyl (C=O) groups is 1. The van der Waals surface area contributed by atoms with Gasteiger partial charge in [-0.05, 0) is 45.4 Å². The molecule has 1 fully saturated rings. The first-order valence-corrected chi connectivity index (χ1v) is 10.2. The molecule has 1 saturated heterocycles. The molecule has 7 heteroatoms. The first kappa shape index (κ1) is 20.3. The number of hydrogen-bond donors (Lipinski definition) is 1. The van der Waals surface area contributed by atoms with E-state index in [1.54, 1.807) is 6.20 Å². The second kappa shape index (κ2) is 9.19. The number of nitrogens with one attached hydrogen (secondary N) is 1. The van der Waals surface area contributed by atoms with Gasteiger partial charge in [0.1, 0.15) is 5.82 Å². The van der Waals surface area contributed by atoms with Crippen LogP contribution in [0.25, 0.3) is 0 Å². The van der Waals surface area contributed by atoms with Gasteiger partial charge in [0.15, 0.2) is 0 Å². The van der Waals surface area contributed by atoms with E-state index in [1.807, 2.05) is 40.9 Å². The van der Waals surface area contributed by atoms with Crippen molar-refractivity contribution < 1.29 is 4.79 Å². The normalized spacial score (nSPS) is 17.9. The summed E-state index contributed by atoms with van der Waals surface area (Å²) in [7, 11) is 0. The van der Waals surface area contributed by atoms with E-state index in [0.717, 1.165) is 50.7 Å². The van der Waals surface area contributed by atoms with Crippen molar-refractivity contribution in [1.29, 1.82) is 0 Å². The highest BCUT2D eigenvalue weighted by molar-refractivity contribution is 5.94. The number of rotatable bonds is 7. The predicted molar refractivity (Wildman–Crippen MR) is 112 cm³/mol. The quantitative estimate of drug-likeness (QED) is 0.795. The molecule has 3 heterocycles. The van der Waals surface area contributed by atoms with E-state index >= 15 is 0 Å². The lowest BCUT2D eigenvalue weighted by atomic mass is 10.1.